The van der Waals surface area contributed by atoms with Gasteiger partial charge >= 0.3 is 0 Å². The third kappa shape index (κ3) is 4.07. The van der Waals surface area contributed by atoms with Crippen molar-refractivity contribution in [2.75, 3.05) is 44.2 Å². The molecule has 2 aromatic heterocycles. The molecule has 162 valence electrons. The predicted molar refractivity (Wildman–Crippen MR) is 118 cm³/mol. The van der Waals surface area contributed by atoms with Crippen LogP contribution in [0, 0.1) is 5.82 Å². The molecular weight excluding hydrogens is 417 g/mol. The summed E-state index contributed by atoms with van der Waals surface area (Å²) in [5.74, 6) is -0.462. The van der Waals surface area contributed by atoms with E-state index in [0.717, 1.165) is 31.6 Å². The lowest BCUT2D eigenvalue weighted by Crippen LogP contribution is -2.48. The number of amides is 1. The lowest BCUT2D eigenvalue weighted by atomic mass is 10.1. The average Bonchev–Trinajstić information content (AvgIpc) is 3.46. The molecule has 3 aromatic rings. The first-order chi connectivity index (χ1) is 15.1. The van der Waals surface area contributed by atoms with Crippen LogP contribution in [-0.2, 0) is 6.54 Å². The van der Waals surface area contributed by atoms with Crippen LogP contribution in [0.1, 0.15) is 28.9 Å². The Morgan fingerprint density at radius 3 is 2.58 bits per heavy atom. The van der Waals surface area contributed by atoms with Crippen LogP contribution in [0.3, 0.4) is 0 Å². The first-order valence-corrected chi connectivity index (χ1v) is 11.5. The highest BCUT2D eigenvalue weighted by Gasteiger charge is 2.24. The van der Waals surface area contributed by atoms with Crippen LogP contribution in [0.15, 0.2) is 40.6 Å². The van der Waals surface area contributed by atoms with Gasteiger partial charge in [0.1, 0.15) is 5.82 Å². The fourth-order valence-electron chi connectivity index (χ4n) is 4.34. The zero-order chi connectivity index (χ0) is 21.4. The molecule has 0 N–H and O–H groups in total. The highest BCUT2D eigenvalue weighted by molar-refractivity contribution is 7.15. The fourth-order valence-corrected chi connectivity index (χ4v) is 5.08. The lowest BCUT2D eigenvalue weighted by molar-refractivity contribution is 0.0626. The van der Waals surface area contributed by atoms with Crippen molar-refractivity contribution in [3.63, 3.8) is 0 Å². The van der Waals surface area contributed by atoms with Gasteiger partial charge in [-0.05, 0) is 31.0 Å². The maximum atomic E-state index is 14.6. The van der Waals surface area contributed by atoms with E-state index in [-0.39, 0.29) is 17.3 Å². The number of carbonyl (C=O) groups is 1. The minimum Gasteiger partial charge on any atom is -0.369 e. The number of nitrogens with zero attached hydrogens (tertiary/aromatic N) is 5. The van der Waals surface area contributed by atoms with Gasteiger partial charge < -0.3 is 9.80 Å². The number of anilines is 1. The second-order valence-electron chi connectivity index (χ2n) is 8.07. The zero-order valence-electron chi connectivity index (χ0n) is 17.2. The first kappa shape index (κ1) is 20.1. The SMILES string of the molecule is O=C(c1ccc(N2CCCC2)c(F)c1)N1CCN(Cc2cc(=O)n3ccsc3n2)CC1. The molecule has 0 unspecified atom stereocenters. The highest BCUT2D eigenvalue weighted by atomic mass is 32.1. The van der Waals surface area contributed by atoms with Crippen LogP contribution in [0.4, 0.5) is 10.1 Å². The lowest BCUT2D eigenvalue weighted by Gasteiger charge is -2.34. The monoisotopic (exact) mass is 441 g/mol. The summed E-state index contributed by atoms with van der Waals surface area (Å²) in [6, 6.07) is 6.41. The van der Waals surface area contributed by atoms with E-state index >= 15 is 0 Å². The standard InChI is InChI=1S/C22H24FN5O2S/c23-18-13-16(3-4-19(18)26-5-1-2-6-26)21(30)27-9-7-25(8-10-27)15-17-14-20(29)28-11-12-31-22(28)24-17/h3-4,11-14H,1-2,5-10,15H2. The molecule has 2 aliphatic rings. The molecule has 4 heterocycles. The van der Waals surface area contributed by atoms with Crippen LogP contribution in [0.5, 0.6) is 0 Å². The van der Waals surface area contributed by atoms with Gasteiger partial charge in [0, 0.05) is 69.0 Å². The maximum absolute atomic E-state index is 14.6. The predicted octanol–water partition coefficient (Wildman–Crippen LogP) is 2.45. The molecule has 2 saturated heterocycles. The van der Waals surface area contributed by atoms with E-state index in [1.165, 1.54) is 17.4 Å². The van der Waals surface area contributed by atoms with Crippen molar-refractivity contribution in [2.45, 2.75) is 19.4 Å². The van der Waals surface area contributed by atoms with Gasteiger partial charge in [0.05, 0.1) is 11.4 Å². The van der Waals surface area contributed by atoms with E-state index in [2.05, 4.69) is 9.88 Å². The number of thiazole rings is 1. The number of fused-ring (bicyclic) bond motifs is 1. The summed E-state index contributed by atoms with van der Waals surface area (Å²) in [7, 11) is 0. The third-order valence-corrected chi connectivity index (χ3v) is 6.80. The number of aromatic nitrogens is 2. The number of carbonyl (C=O) groups excluding carboxylic acids is 1. The van der Waals surface area contributed by atoms with Crippen molar-refractivity contribution in [1.29, 1.82) is 0 Å². The molecule has 0 atom stereocenters. The van der Waals surface area contributed by atoms with Crippen LogP contribution in [0.2, 0.25) is 0 Å². The average molecular weight is 442 g/mol. The van der Waals surface area contributed by atoms with E-state index in [4.69, 9.17) is 0 Å². The summed E-state index contributed by atoms with van der Waals surface area (Å²) in [6.07, 6.45) is 3.89. The molecule has 2 fully saturated rings. The van der Waals surface area contributed by atoms with Crippen LogP contribution < -0.4 is 10.5 Å². The van der Waals surface area contributed by atoms with Gasteiger partial charge in [-0.2, -0.15) is 0 Å². The van der Waals surface area contributed by atoms with Crippen molar-refractivity contribution in [3.05, 3.63) is 63.3 Å². The van der Waals surface area contributed by atoms with Crippen molar-refractivity contribution in [2.24, 2.45) is 0 Å². The summed E-state index contributed by atoms with van der Waals surface area (Å²) >= 11 is 1.44. The number of hydrogen-bond acceptors (Lipinski definition) is 6. The minimum absolute atomic E-state index is 0.0746. The van der Waals surface area contributed by atoms with Crippen LogP contribution in [0.25, 0.3) is 4.96 Å². The molecule has 0 aliphatic carbocycles. The summed E-state index contributed by atoms with van der Waals surface area (Å²) in [5, 5.41) is 1.85. The molecule has 9 heteroatoms. The molecule has 1 amide bonds. The molecule has 1 aromatic carbocycles. The quantitative estimate of drug-likeness (QED) is 0.623. The van der Waals surface area contributed by atoms with E-state index in [9.17, 15) is 14.0 Å². The van der Waals surface area contributed by atoms with Gasteiger partial charge in [-0.3, -0.25) is 18.9 Å². The smallest absolute Gasteiger partial charge is 0.258 e. The Morgan fingerprint density at radius 1 is 1.06 bits per heavy atom. The van der Waals surface area contributed by atoms with Gasteiger partial charge in [0.2, 0.25) is 0 Å². The Morgan fingerprint density at radius 2 is 1.84 bits per heavy atom. The number of halogens is 1. The second kappa shape index (κ2) is 8.39. The normalized spacial score (nSPS) is 17.6. The molecule has 0 radical (unpaired) electrons. The molecular formula is C22H24FN5O2S. The van der Waals surface area contributed by atoms with Gasteiger partial charge in [-0.25, -0.2) is 9.37 Å². The number of piperazine rings is 1. The molecule has 31 heavy (non-hydrogen) atoms. The molecule has 5 rings (SSSR count). The molecule has 0 bridgehead atoms. The number of rotatable bonds is 4. The molecule has 2 aliphatic heterocycles. The Balaban J connectivity index is 1.21. The molecule has 0 spiro atoms. The summed E-state index contributed by atoms with van der Waals surface area (Å²) < 4.78 is 16.1. The van der Waals surface area contributed by atoms with Gasteiger partial charge in [-0.15, -0.1) is 11.3 Å². The largest absolute Gasteiger partial charge is 0.369 e. The maximum Gasteiger partial charge on any atom is 0.258 e. The molecule has 0 saturated carbocycles. The zero-order valence-corrected chi connectivity index (χ0v) is 18.0. The van der Waals surface area contributed by atoms with Crippen LogP contribution in [-0.4, -0.2) is 64.4 Å². The number of hydrogen-bond donors (Lipinski definition) is 0. The Bertz CT molecular complexity index is 1160. The Hall–Kier alpha value is -2.78. The van der Waals surface area contributed by atoms with Crippen LogP contribution >= 0.6 is 11.3 Å². The minimum atomic E-state index is -0.326. The second-order valence-corrected chi connectivity index (χ2v) is 8.94. The van der Waals surface area contributed by atoms with Crippen molar-refractivity contribution in [1.82, 2.24) is 19.2 Å². The van der Waals surface area contributed by atoms with Gasteiger partial charge in [0.25, 0.3) is 11.5 Å². The van der Waals surface area contributed by atoms with Crippen molar-refractivity contribution < 1.29 is 9.18 Å². The third-order valence-electron chi connectivity index (χ3n) is 6.04. The summed E-state index contributed by atoms with van der Waals surface area (Å²) in [6.45, 7) is 4.81. The van der Waals surface area contributed by atoms with E-state index in [1.54, 1.807) is 33.7 Å². The summed E-state index contributed by atoms with van der Waals surface area (Å²) in [4.78, 5) is 36.3. The fraction of sp³-hybridized carbons (Fsp3) is 0.409. The highest BCUT2D eigenvalue weighted by Crippen LogP contribution is 2.25. The van der Waals surface area contributed by atoms with Gasteiger partial charge in [-0.1, -0.05) is 0 Å². The van der Waals surface area contributed by atoms with Crippen molar-refractivity contribution >= 4 is 27.9 Å². The van der Waals surface area contributed by atoms with Crippen molar-refractivity contribution in [3.8, 4) is 0 Å². The van der Waals surface area contributed by atoms with E-state index in [1.807, 2.05) is 10.3 Å². The number of benzene rings is 1. The van der Waals surface area contributed by atoms with E-state index in [0.29, 0.717) is 48.9 Å². The van der Waals surface area contributed by atoms with Gasteiger partial charge in [0.15, 0.2) is 4.96 Å². The topological polar surface area (TPSA) is 61.2 Å². The Kier molecular flexibility index (Phi) is 5.45. The molecule has 7 nitrogen and oxygen atoms in total. The Labute approximate surface area is 183 Å². The summed E-state index contributed by atoms with van der Waals surface area (Å²) in [5.41, 5.74) is 1.65. The van der Waals surface area contributed by atoms with E-state index < -0.39 is 0 Å². The first-order valence-electron chi connectivity index (χ1n) is 10.6.